The van der Waals surface area contributed by atoms with Crippen LogP contribution in [0, 0.1) is 0 Å². The number of hydrogen-bond donors (Lipinski definition) is 1. The van der Waals surface area contributed by atoms with Crippen molar-refractivity contribution in [1.82, 2.24) is 9.62 Å². The lowest BCUT2D eigenvalue weighted by atomic mass is 9.81. The summed E-state index contributed by atoms with van der Waals surface area (Å²) in [6, 6.07) is 6.01. The van der Waals surface area contributed by atoms with Gasteiger partial charge in [0.2, 0.25) is 10.0 Å². The number of hydrogen-bond acceptors (Lipinski definition) is 5. The maximum Gasteiger partial charge on any atom is 0.331 e. The first kappa shape index (κ1) is 19.8. The molecule has 1 aromatic rings. The average Bonchev–Trinajstić information content (AvgIpc) is 3.24. The number of sulfonamides is 1. The Morgan fingerprint density at radius 3 is 2.37 bits per heavy atom. The van der Waals surface area contributed by atoms with Gasteiger partial charge < -0.3 is 10.1 Å². The molecule has 0 unspecified atom stereocenters. The molecule has 8 heteroatoms. The van der Waals surface area contributed by atoms with E-state index in [1.165, 1.54) is 23.5 Å². The highest BCUT2D eigenvalue weighted by Gasteiger charge is 2.42. The zero-order chi connectivity index (χ0) is 19.5. The van der Waals surface area contributed by atoms with Crippen molar-refractivity contribution in [3.63, 3.8) is 0 Å². The Hall–Kier alpha value is -1.93. The van der Waals surface area contributed by atoms with Crippen LogP contribution < -0.4 is 5.32 Å². The van der Waals surface area contributed by atoms with Gasteiger partial charge in [0.1, 0.15) is 5.54 Å². The number of amides is 1. The van der Waals surface area contributed by atoms with Crippen molar-refractivity contribution >= 4 is 21.9 Å². The fourth-order valence-electron chi connectivity index (χ4n) is 3.90. The lowest BCUT2D eigenvalue weighted by Gasteiger charge is -2.35. The fourth-order valence-corrected chi connectivity index (χ4v) is 5.46. The number of benzene rings is 1. The van der Waals surface area contributed by atoms with Gasteiger partial charge in [-0.15, -0.1) is 0 Å². The van der Waals surface area contributed by atoms with E-state index in [1.807, 2.05) is 0 Å². The van der Waals surface area contributed by atoms with Gasteiger partial charge in [-0.2, -0.15) is 4.31 Å². The van der Waals surface area contributed by atoms with E-state index in [-0.39, 0.29) is 10.5 Å². The molecule has 2 aliphatic rings. The monoisotopic (exact) mass is 394 g/mol. The summed E-state index contributed by atoms with van der Waals surface area (Å²) in [6.07, 6.45) is 5.42. The number of carbonyl (C=O) groups excluding carboxylic acids is 2. The lowest BCUT2D eigenvalue weighted by molar-refractivity contribution is -0.149. The molecule has 1 N–H and O–H groups in total. The quantitative estimate of drug-likeness (QED) is 0.772. The van der Waals surface area contributed by atoms with Gasteiger partial charge in [0.15, 0.2) is 0 Å². The second-order valence-electron chi connectivity index (χ2n) is 7.23. The molecular weight excluding hydrogens is 368 g/mol. The van der Waals surface area contributed by atoms with E-state index in [1.54, 1.807) is 12.1 Å². The minimum Gasteiger partial charge on any atom is -0.467 e. The van der Waals surface area contributed by atoms with Crippen molar-refractivity contribution in [2.75, 3.05) is 20.2 Å². The van der Waals surface area contributed by atoms with Crippen molar-refractivity contribution in [2.24, 2.45) is 0 Å². The summed E-state index contributed by atoms with van der Waals surface area (Å²) < 4.78 is 31.8. The summed E-state index contributed by atoms with van der Waals surface area (Å²) in [6.45, 7) is 1.01. The van der Waals surface area contributed by atoms with Gasteiger partial charge in [0.05, 0.1) is 12.0 Å². The Labute approximate surface area is 160 Å². The SMILES string of the molecule is COC(=O)C1(NC(=O)c2cccc(S(=O)(=O)N3CCCC3)c2)CCCCC1. The summed E-state index contributed by atoms with van der Waals surface area (Å²) in [7, 11) is -2.29. The van der Waals surface area contributed by atoms with E-state index in [4.69, 9.17) is 4.74 Å². The van der Waals surface area contributed by atoms with Crippen LogP contribution in [-0.4, -0.2) is 50.3 Å². The van der Waals surface area contributed by atoms with E-state index in [9.17, 15) is 18.0 Å². The van der Waals surface area contributed by atoms with Crippen molar-refractivity contribution in [1.29, 1.82) is 0 Å². The number of nitrogens with one attached hydrogen (secondary N) is 1. The third kappa shape index (κ3) is 4.01. The van der Waals surface area contributed by atoms with Crippen LogP contribution in [0.3, 0.4) is 0 Å². The highest BCUT2D eigenvalue weighted by molar-refractivity contribution is 7.89. The van der Waals surface area contributed by atoms with E-state index in [0.717, 1.165) is 32.1 Å². The lowest BCUT2D eigenvalue weighted by Crippen LogP contribution is -2.56. The first-order valence-corrected chi connectivity index (χ1v) is 10.8. The maximum atomic E-state index is 12.8. The van der Waals surface area contributed by atoms with Gasteiger partial charge in [-0.05, 0) is 43.9 Å². The van der Waals surface area contributed by atoms with Gasteiger partial charge in [0, 0.05) is 18.7 Å². The molecule has 0 atom stereocenters. The zero-order valence-electron chi connectivity index (χ0n) is 15.6. The number of carbonyl (C=O) groups is 2. The Kier molecular flexibility index (Phi) is 5.86. The number of rotatable bonds is 5. The molecular formula is C19H26N2O5S. The smallest absolute Gasteiger partial charge is 0.331 e. The maximum absolute atomic E-state index is 12.8. The third-order valence-electron chi connectivity index (χ3n) is 5.44. The average molecular weight is 394 g/mol. The minimum absolute atomic E-state index is 0.104. The zero-order valence-corrected chi connectivity index (χ0v) is 16.4. The molecule has 0 aromatic heterocycles. The largest absolute Gasteiger partial charge is 0.467 e. The van der Waals surface area contributed by atoms with Gasteiger partial charge in [-0.25, -0.2) is 13.2 Å². The normalized spacial score (nSPS) is 20.2. The van der Waals surface area contributed by atoms with Crippen LogP contribution in [0.5, 0.6) is 0 Å². The predicted octanol–water partition coefficient (Wildman–Crippen LogP) is 2.08. The van der Waals surface area contributed by atoms with Crippen LogP contribution >= 0.6 is 0 Å². The van der Waals surface area contributed by atoms with Gasteiger partial charge in [-0.3, -0.25) is 4.79 Å². The molecule has 1 saturated heterocycles. The van der Waals surface area contributed by atoms with Gasteiger partial charge in [-0.1, -0.05) is 25.3 Å². The number of methoxy groups -OCH3 is 1. The van der Waals surface area contributed by atoms with Crippen LogP contribution in [0.4, 0.5) is 0 Å². The Morgan fingerprint density at radius 1 is 1.07 bits per heavy atom. The van der Waals surface area contributed by atoms with Gasteiger partial charge >= 0.3 is 5.97 Å². The first-order valence-electron chi connectivity index (χ1n) is 9.40. The highest BCUT2D eigenvalue weighted by Crippen LogP contribution is 2.30. The Morgan fingerprint density at radius 2 is 1.74 bits per heavy atom. The van der Waals surface area contributed by atoms with Crippen molar-refractivity contribution < 1.29 is 22.7 Å². The predicted molar refractivity (Wildman–Crippen MR) is 99.7 cm³/mol. The summed E-state index contributed by atoms with van der Waals surface area (Å²) in [5.41, 5.74) is -0.808. The molecule has 27 heavy (non-hydrogen) atoms. The molecule has 1 aliphatic carbocycles. The standard InChI is InChI=1S/C19H26N2O5S/c1-26-18(23)19(10-3-2-4-11-19)20-17(22)15-8-7-9-16(14-15)27(24,25)21-12-5-6-13-21/h7-9,14H,2-6,10-13H2,1H3,(H,20,22). The van der Waals surface area contributed by atoms with E-state index in [0.29, 0.717) is 25.9 Å². The summed E-state index contributed by atoms with van der Waals surface area (Å²) >= 11 is 0. The fraction of sp³-hybridized carbons (Fsp3) is 0.579. The molecule has 0 spiro atoms. The topological polar surface area (TPSA) is 92.8 Å². The van der Waals surface area contributed by atoms with Crippen LogP contribution in [0.15, 0.2) is 29.2 Å². The second-order valence-corrected chi connectivity index (χ2v) is 9.17. The number of esters is 1. The first-order chi connectivity index (χ1) is 12.9. The molecule has 1 amide bonds. The van der Waals surface area contributed by atoms with Crippen LogP contribution in [0.25, 0.3) is 0 Å². The summed E-state index contributed by atoms with van der Waals surface area (Å²) in [5.74, 6) is -0.905. The molecule has 1 aromatic carbocycles. The molecule has 3 rings (SSSR count). The van der Waals surface area contributed by atoms with E-state index in [2.05, 4.69) is 5.32 Å². The highest BCUT2D eigenvalue weighted by atomic mass is 32.2. The van der Waals surface area contributed by atoms with Crippen molar-refractivity contribution in [3.05, 3.63) is 29.8 Å². The Bertz CT molecular complexity index is 809. The Balaban J connectivity index is 1.83. The summed E-state index contributed by atoms with van der Waals surface area (Å²) in [4.78, 5) is 25.2. The molecule has 7 nitrogen and oxygen atoms in total. The minimum atomic E-state index is -3.60. The van der Waals surface area contributed by atoms with Crippen LogP contribution in [-0.2, 0) is 19.6 Å². The molecule has 0 radical (unpaired) electrons. The summed E-state index contributed by atoms with van der Waals surface area (Å²) in [5, 5.41) is 2.83. The van der Waals surface area contributed by atoms with E-state index < -0.39 is 27.4 Å². The molecule has 1 aliphatic heterocycles. The van der Waals surface area contributed by atoms with Crippen molar-refractivity contribution in [2.45, 2.75) is 55.4 Å². The number of nitrogens with zero attached hydrogens (tertiary/aromatic N) is 1. The molecule has 148 valence electrons. The molecule has 2 fully saturated rings. The molecule has 1 heterocycles. The number of ether oxygens (including phenoxy) is 1. The van der Waals surface area contributed by atoms with Crippen LogP contribution in [0.2, 0.25) is 0 Å². The molecule has 0 bridgehead atoms. The van der Waals surface area contributed by atoms with E-state index >= 15 is 0 Å². The van der Waals surface area contributed by atoms with Crippen LogP contribution in [0.1, 0.15) is 55.3 Å². The van der Waals surface area contributed by atoms with Gasteiger partial charge in [0.25, 0.3) is 5.91 Å². The third-order valence-corrected chi connectivity index (χ3v) is 7.33. The second kappa shape index (κ2) is 7.98. The molecule has 1 saturated carbocycles. The van der Waals surface area contributed by atoms with Crippen molar-refractivity contribution in [3.8, 4) is 0 Å².